The van der Waals surface area contributed by atoms with Crippen molar-refractivity contribution in [1.82, 2.24) is 24.6 Å². The predicted molar refractivity (Wildman–Crippen MR) is 112 cm³/mol. The van der Waals surface area contributed by atoms with E-state index < -0.39 is 35.0 Å². The number of nitrogens with two attached hydrogens (primary N) is 1. The lowest BCUT2D eigenvalue weighted by atomic mass is 10.1. The van der Waals surface area contributed by atoms with Crippen molar-refractivity contribution in [1.29, 1.82) is 0 Å². The van der Waals surface area contributed by atoms with Gasteiger partial charge in [0.15, 0.2) is 11.5 Å². The molecule has 3 aromatic heterocycles. The number of alkyl halides is 3. The summed E-state index contributed by atoms with van der Waals surface area (Å²) in [6, 6.07) is 5.24. The Kier molecular flexibility index (Phi) is 5.96. The summed E-state index contributed by atoms with van der Waals surface area (Å²) in [7, 11) is 0. The van der Waals surface area contributed by atoms with E-state index in [2.05, 4.69) is 30.7 Å². The van der Waals surface area contributed by atoms with Gasteiger partial charge in [0.1, 0.15) is 29.6 Å². The van der Waals surface area contributed by atoms with E-state index in [1.807, 2.05) is 0 Å². The molecule has 0 amide bonds. The Morgan fingerprint density at radius 1 is 1.06 bits per heavy atom. The van der Waals surface area contributed by atoms with Gasteiger partial charge in [-0.25, -0.2) is 28.2 Å². The van der Waals surface area contributed by atoms with Crippen LogP contribution in [-0.2, 0) is 0 Å². The van der Waals surface area contributed by atoms with Gasteiger partial charge in [-0.1, -0.05) is 0 Å². The van der Waals surface area contributed by atoms with Crippen LogP contribution in [-0.4, -0.2) is 49.6 Å². The highest BCUT2D eigenvalue weighted by Gasteiger charge is 2.40. The van der Waals surface area contributed by atoms with E-state index in [0.29, 0.717) is 5.65 Å². The molecule has 0 radical (unpaired) electrons. The monoisotopic (exact) mass is 478 g/mol. The molecule has 0 saturated carbocycles. The number of nitrogens with one attached hydrogen (secondary N) is 2. The Balaban J connectivity index is 1.46. The van der Waals surface area contributed by atoms with E-state index in [-0.39, 0.29) is 36.0 Å². The molecule has 4 N–H and O–H groups in total. The second kappa shape index (κ2) is 8.88. The summed E-state index contributed by atoms with van der Waals surface area (Å²) in [5.74, 6) is -3.74. The summed E-state index contributed by atoms with van der Waals surface area (Å²) >= 11 is 0. The molecule has 34 heavy (non-hydrogen) atoms. The maximum Gasteiger partial charge on any atom is 0.455 e. The highest BCUT2D eigenvalue weighted by atomic mass is 19.4. The first-order chi connectivity index (χ1) is 16.1. The molecular weight excluding hydrogens is 463 g/mol. The van der Waals surface area contributed by atoms with Gasteiger partial charge >= 0.3 is 6.18 Å². The molecule has 0 aliphatic carbocycles. The number of fused-ring (bicyclic) bond motifs is 1. The van der Waals surface area contributed by atoms with Crippen LogP contribution in [0.4, 0.5) is 39.4 Å². The molecule has 0 bridgehead atoms. The zero-order valence-corrected chi connectivity index (χ0v) is 17.1. The number of hydrogen-bond acceptors (Lipinski definition) is 8. The summed E-state index contributed by atoms with van der Waals surface area (Å²) < 4.78 is 66.6. The number of benzene rings is 1. The Morgan fingerprint density at radius 2 is 1.82 bits per heavy atom. The Morgan fingerprint density at radius 3 is 2.53 bits per heavy atom. The number of ketones is 1. The SMILES string of the molecule is Nc1nc(NCCNc2nc(-c3ccc(F)cc3F)cn3ncnc23)ccc1C(=O)C(F)(F)F. The second-order valence-electron chi connectivity index (χ2n) is 6.94. The molecule has 0 spiro atoms. The zero-order chi connectivity index (χ0) is 24.5. The molecule has 176 valence electrons. The third kappa shape index (κ3) is 4.69. The fourth-order valence-corrected chi connectivity index (χ4v) is 3.06. The van der Waals surface area contributed by atoms with Gasteiger partial charge in [0.05, 0.1) is 17.5 Å². The number of halogens is 5. The molecule has 0 fully saturated rings. The van der Waals surface area contributed by atoms with E-state index in [0.717, 1.165) is 18.2 Å². The third-order valence-electron chi connectivity index (χ3n) is 4.62. The van der Waals surface area contributed by atoms with Crippen LogP contribution < -0.4 is 16.4 Å². The Labute approximate surface area is 187 Å². The molecule has 3 heterocycles. The van der Waals surface area contributed by atoms with Gasteiger partial charge < -0.3 is 16.4 Å². The molecule has 1 aromatic carbocycles. The molecule has 0 aliphatic heterocycles. The number of Topliss-reactive ketones (excluding diaryl/α,β-unsaturated/α-hetero) is 1. The standard InChI is InChI=1S/C20H15F5N8O/c21-10-1-2-11(13(22)7-10)14-8-33-19(29-9-30-33)18(31-14)28-6-5-27-15-4-3-12(17(26)32-15)16(34)20(23,24)25/h1-4,7-9H,5-6H2,(H,28,31)(H3,26,27,32). The average Bonchev–Trinajstić information content (AvgIpc) is 3.24. The lowest BCUT2D eigenvalue weighted by molar-refractivity contribution is -0.0884. The highest BCUT2D eigenvalue weighted by Crippen LogP contribution is 2.26. The highest BCUT2D eigenvalue weighted by molar-refractivity contribution is 6.03. The van der Waals surface area contributed by atoms with Crippen molar-refractivity contribution in [3.63, 3.8) is 0 Å². The zero-order valence-electron chi connectivity index (χ0n) is 17.1. The van der Waals surface area contributed by atoms with E-state index in [9.17, 15) is 26.7 Å². The van der Waals surface area contributed by atoms with Crippen LogP contribution in [0, 0.1) is 11.6 Å². The largest absolute Gasteiger partial charge is 0.455 e. The second-order valence-corrected chi connectivity index (χ2v) is 6.94. The first-order valence-electron chi connectivity index (χ1n) is 9.65. The number of pyridine rings is 1. The van der Waals surface area contributed by atoms with Crippen LogP contribution in [0.5, 0.6) is 0 Å². The van der Waals surface area contributed by atoms with Crippen molar-refractivity contribution < 1.29 is 26.7 Å². The predicted octanol–water partition coefficient (Wildman–Crippen LogP) is 3.32. The fourth-order valence-electron chi connectivity index (χ4n) is 3.06. The van der Waals surface area contributed by atoms with Gasteiger partial charge in [0, 0.05) is 24.7 Å². The van der Waals surface area contributed by atoms with E-state index in [1.54, 1.807) is 0 Å². The van der Waals surface area contributed by atoms with Crippen molar-refractivity contribution in [2.75, 3.05) is 29.5 Å². The first-order valence-corrected chi connectivity index (χ1v) is 9.65. The quantitative estimate of drug-likeness (QED) is 0.210. The lowest BCUT2D eigenvalue weighted by Crippen LogP contribution is -2.24. The normalized spacial score (nSPS) is 11.6. The average molecular weight is 478 g/mol. The van der Waals surface area contributed by atoms with Crippen molar-refractivity contribution >= 4 is 28.9 Å². The topological polar surface area (TPSA) is 123 Å². The third-order valence-corrected chi connectivity index (χ3v) is 4.62. The molecule has 9 nitrogen and oxygen atoms in total. The minimum atomic E-state index is -5.06. The Bertz CT molecular complexity index is 1370. The van der Waals surface area contributed by atoms with Crippen LogP contribution in [0.3, 0.4) is 0 Å². The Hall–Kier alpha value is -4.36. The van der Waals surface area contributed by atoms with Crippen molar-refractivity contribution in [3.8, 4) is 11.3 Å². The summed E-state index contributed by atoms with van der Waals surface area (Å²) in [4.78, 5) is 23.5. The van der Waals surface area contributed by atoms with Gasteiger partial charge in [-0.15, -0.1) is 0 Å². The minimum Gasteiger partial charge on any atom is -0.383 e. The smallest absolute Gasteiger partial charge is 0.383 e. The molecular formula is C20H15F5N8O. The van der Waals surface area contributed by atoms with E-state index >= 15 is 0 Å². The van der Waals surface area contributed by atoms with E-state index in [4.69, 9.17) is 5.73 Å². The summed E-state index contributed by atoms with van der Waals surface area (Å²) in [5, 5.41) is 9.86. The number of hydrogen-bond donors (Lipinski definition) is 3. The molecule has 4 rings (SSSR count). The number of rotatable bonds is 7. The number of nitrogen functional groups attached to an aromatic ring is 1. The van der Waals surface area contributed by atoms with Crippen molar-refractivity contribution in [2.24, 2.45) is 0 Å². The fraction of sp³-hybridized carbons (Fsp3) is 0.150. The molecule has 0 saturated heterocycles. The number of carbonyl (C=O) groups excluding carboxylic acids is 1. The van der Waals surface area contributed by atoms with Crippen molar-refractivity contribution in [3.05, 3.63) is 60.1 Å². The number of carbonyl (C=O) groups is 1. The summed E-state index contributed by atoms with van der Waals surface area (Å²) in [6.45, 7) is 0.450. The minimum absolute atomic E-state index is 0.0631. The summed E-state index contributed by atoms with van der Waals surface area (Å²) in [5.41, 5.74) is 5.35. The van der Waals surface area contributed by atoms with Gasteiger partial charge in [0.2, 0.25) is 0 Å². The molecule has 4 aromatic rings. The maximum atomic E-state index is 14.2. The van der Waals surface area contributed by atoms with Gasteiger partial charge in [-0.2, -0.15) is 18.3 Å². The lowest BCUT2D eigenvalue weighted by Gasteiger charge is -2.12. The molecule has 0 aliphatic rings. The molecule has 0 unspecified atom stereocenters. The van der Waals surface area contributed by atoms with Crippen LogP contribution in [0.25, 0.3) is 16.9 Å². The number of nitrogens with zero attached hydrogens (tertiary/aromatic N) is 5. The van der Waals surface area contributed by atoms with E-state index in [1.165, 1.54) is 29.2 Å². The number of anilines is 3. The molecule has 14 heteroatoms. The maximum absolute atomic E-state index is 14.2. The van der Waals surface area contributed by atoms with Crippen LogP contribution in [0.2, 0.25) is 0 Å². The van der Waals surface area contributed by atoms with Crippen LogP contribution >= 0.6 is 0 Å². The first kappa shape index (κ1) is 22.8. The summed E-state index contributed by atoms with van der Waals surface area (Å²) in [6.07, 6.45) is -2.33. The van der Waals surface area contributed by atoms with Crippen molar-refractivity contribution in [2.45, 2.75) is 6.18 Å². The van der Waals surface area contributed by atoms with Gasteiger partial charge in [-0.3, -0.25) is 4.79 Å². The van der Waals surface area contributed by atoms with Gasteiger partial charge in [-0.05, 0) is 24.3 Å². The number of aromatic nitrogens is 5. The van der Waals surface area contributed by atoms with Gasteiger partial charge in [0.25, 0.3) is 5.78 Å². The van der Waals surface area contributed by atoms with Crippen LogP contribution in [0.1, 0.15) is 10.4 Å². The molecule has 0 atom stereocenters. The van der Waals surface area contributed by atoms with Crippen LogP contribution in [0.15, 0.2) is 42.9 Å².